The van der Waals surface area contributed by atoms with Crippen molar-refractivity contribution in [1.29, 1.82) is 0 Å². The molecule has 92 valence electrons. The van der Waals surface area contributed by atoms with Crippen molar-refractivity contribution in [3.63, 3.8) is 0 Å². The van der Waals surface area contributed by atoms with Gasteiger partial charge in [-0.1, -0.05) is 27.6 Å². The summed E-state index contributed by atoms with van der Waals surface area (Å²) in [5.41, 5.74) is 2.18. The number of carbonyl (C=O) groups is 1. The third-order valence-corrected chi connectivity index (χ3v) is 3.27. The van der Waals surface area contributed by atoms with Gasteiger partial charge in [0.1, 0.15) is 5.75 Å². The van der Waals surface area contributed by atoms with Crippen molar-refractivity contribution in [2.45, 2.75) is 6.92 Å². The molecule has 0 saturated carbocycles. The van der Waals surface area contributed by atoms with Crippen LogP contribution in [0.25, 0.3) is 0 Å². The molecule has 4 heteroatoms. The van der Waals surface area contributed by atoms with E-state index in [4.69, 9.17) is 4.74 Å². The van der Waals surface area contributed by atoms with Crippen LogP contribution in [0.4, 0.5) is 0 Å². The summed E-state index contributed by atoms with van der Waals surface area (Å²) in [5, 5.41) is 0. The highest BCUT2D eigenvalue weighted by Gasteiger charge is 2.13. The van der Waals surface area contributed by atoms with Crippen LogP contribution in [0.5, 0.6) is 5.75 Å². The van der Waals surface area contributed by atoms with E-state index in [9.17, 15) is 4.79 Å². The number of rotatable bonds is 3. The Hall–Kier alpha value is -1.68. The van der Waals surface area contributed by atoms with Crippen LogP contribution < -0.4 is 4.74 Å². The molecule has 3 nitrogen and oxygen atoms in total. The molecule has 0 N–H and O–H groups in total. The molecule has 0 amide bonds. The maximum atomic E-state index is 12.4. The van der Waals surface area contributed by atoms with Crippen LogP contribution in [-0.2, 0) is 0 Å². The summed E-state index contributed by atoms with van der Waals surface area (Å²) in [6.45, 7) is 1.95. The van der Waals surface area contributed by atoms with Gasteiger partial charge < -0.3 is 4.74 Å². The van der Waals surface area contributed by atoms with Crippen LogP contribution in [0, 0.1) is 6.92 Å². The molecule has 0 unspecified atom stereocenters. The Balaban J connectivity index is 2.44. The minimum atomic E-state index is -0.0722. The summed E-state index contributed by atoms with van der Waals surface area (Å²) >= 11 is 3.39. The molecule has 1 heterocycles. The number of carbonyl (C=O) groups excluding carboxylic acids is 1. The molecule has 0 radical (unpaired) electrons. The van der Waals surface area contributed by atoms with E-state index in [1.165, 1.54) is 0 Å². The molecule has 1 aromatic heterocycles. The minimum absolute atomic E-state index is 0.0722. The lowest BCUT2D eigenvalue weighted by atomic mass is 10.0. The normalized spacial score (nSPS) is 10.2. The lowest BCUT2D eigenvalue weighted by molar-refractivity contribution is 0.103. The van der Waals surface area contributed by atoms with Gasteiger partial charge in [0.2, 0.25) is 0 Å². The fourth-order valence-electron chi connectivity index (χ4n) is 1.62. The molecule has 0 aliphatic carbocycles. The van der Waals surface area contributed by atoms with Gasteiger partial charge in [-0.3, -0.25) is 9.78 Å². The number of hydrogen-bond donors (Lipinski definition) is 0. The second-order valence-corrected chi connectivity index (χ2v) is 4.78. The Morgan fingerprint density at radius 2 is 2.06 bits per heavy atom. The van der Waals surface area contributed by atoms with E-state index in [0.29, 0.717) is 16.9 Å². The topological polar surface area (TPSA) is 39.2 Å². The summed E-state index contributed by atoms with van der Waals surface area (Å²) in [5.74, 6) is 0.501. The third kappa shape index (κ3) is 2.59. The summed E-state index contributed by atoms with van der Waals surface area (Å²) < 4.78 is 5.85. The van der Waals surface area contributed by atoms with E-state index in [1.54, 1.807) is 25.6 Å². The number of ketones is 1. The predicted molar refractivity (Wildman–Crippen MR) is 73.1 cm³/mol. The quantitative estimate of drug-likeness (QED) is 0.816. The first kappa shape index (κ1) is 12.8. The molecule has 2 rings (SSSR count). The fourth-order valence-corrected chi connectivity index (χ4v) is 2.05. The van der Waals surface area contributed by atoms with Crippen molar-refractivity contribution in [1.82, 2.24) is 4.98 Å². The van der Waals surface area contributed by atoms with Gasteiger partial charge in [0.25, 0.3) is 0 Å². The Bertz CT molecular complexity index is 596. The van der Waals surface area contributed by atoms with Crippen LogP contribution in [0.2, 0.25) is 0 Å². The number of nitrogens with zero attached hydrogens (tertiary/aromatic N) is 1. The monoisotopic (exact) mass is 305 g/mol. The Morgan fingerprint density at radius 3 is 2.78 bits per heavy atom. The summed E-state index contributed by atoms with van der Waals surface area (Å²) in [7, 11) is 1.55. The number of pyridine rings is 1. The van der Waals surface area contributed by atoms with Crippen LogP contribution in [0.1, 0.15) is 21.5 Å². The molecule has 0 fully saturated rings. The van der Waals surface area contributed by atoms with Gasteiger partial charge in [-0.25, -0.2) is 0 Å². The van der Waals surface area contributed by atoms with Crippen molar-refractivity contribution in [2.75, 3.05) is 7.11 Å². The molecule has 18 heavy (non-hydrogen) atoms. The second-order valence-electron chi connectivity index (χ2n) is 3.93. The van der Waals surface area contributed by atoms with E-state index in [0.717, 1.165) is 10.0 Å². The van der Waals surface area contributed by atoms with E-state index < -0.39 is 0 Å². The number of halogens is 1. The van der Waals surface area contributed by atoms with Gasteiger partial charge in [-0.15, -0.1) is 0 Å². The van der Waals surface area contributed by atoms with Crippen LogP contribution in [-0.4, -0.2) is 17.9 Å². The zero-order chi connectivity index (χ0) is 13.1. The van der Waals surface area contributed by atoms with Crippen LogP contribution >= 0.6 is 15.9 Å². The van der Waals surface area contributed by atoms with Crippen molar-refractivity contribution in [2.24, 2.45) is 0 Å². The predicted octanol–water partition coefficient (Wildman–Crippen LogP) is 3.39. The van der Waals surface area contributed by atoms with Gasteiger partial charge in [0, 0.05) is 21.8 Å². The molecule has 0 saturated heterocycles. The Morgan fingerprint density at radius 1 is 1.28 bits per heavy atom. The molecule has 0 atom stereocenters. The average Bonchev–Trinajstić information content (AvgIpc) is 2.41. The molecule has 0 aliphatic heterocycles. The lowest BCUT2D eigenvalue weighted by Crippen LogP contribution is -2.03. The second kappa shape index (κ2) is 5.31. The first-order valence-electron chi connectivity index (χ1n) is 5.41. The van der Waals surface area contributed by atoms with Gasteiger partial charge in [-0.2, -0.15) is 0 Å². The first-order valence-corrected chi connectivity index (χ1v) is 6.21. The van der Waals surface area contributed by atoms with Crippen LogP contribution in [0.15, 0.2) is 41.1 Å². The number of aryl methyl sites for hydroxylation is 1. The van der Waals surface area contributed by atoms with E-state index >= 15 is 0 Å². The summed E-state index contributed by atoms with van der Waals surface area (Å²) in [6, 6.07) is 7.36. The SMILES string of the molecule is COc1cncc(C(=O)c2cc(C)ccc2Br)c1. The van der Waals surface area contributed by atoms with E-state index in [-0.39, 0.29) is 5.78 Å². The fraction of sp³-hybridized carbons (Fsp3) is 0.143. The van der Waals surface area contributed by atoms with E-state index in [1.807, 2.05) is 25.1 Å². The lowest BCUT2D eigenvalue weighted by Gasteiger charge is -2.06. The van der Waals surface area contributed by atoms with Gasteiger partial charge in [0.05, 0.1) is 13.3 Å². The molecule has 1 aromatic carbocycles. The largest absolute Gasteiger partial charge is 0.495 e. The van der Waals surface area contributed by atoms with Crippen molar-refractivity contribution in [3.05, 3.63) is 57.8 Å². The molecular formula is C14H12BrNO2. The Labute approximate surface area is 114 Å². The Kier molecular flexibility index (Phi) is 3.77. The zero-order valence-corrected chi connectivity index (χ0v) is 11.7. The summed E-state index contributed by atoms with van der Waals surface area (Å²) in [6.07, 6.45) is 3.11. The third-order valence-electron chi connectivity index (χ3n) is 2.58. The van der Waals surface area contributed by atoms with Gasteiger partial charge in [0.15, 0.2) is 5.78 Å². The minimum Gasteiger partial charge on any atom is -0.495 e. The molecule has 0 bridgehead atoms. The average molecular weight is 306 g/mol. The van der Waals surface area contributed by atoms with Gasteiger partial charge in [-0.05, 0) is 25.1 Å². The number of hydrogen-bond acceptors (Lipinski definition) is 3. The molecule has 0 spiro atoms. The zero-order valence-electron chi connectivity index (χ0n) is 10.1. The molecule has 0 aliphatic rings. The van der Waals surface area contributed by atoms with Gasteiger partial charge >= 0.3 is 0 Å². The number of methoxy groups -OCH3 is 1. The van der Waals surface area contributed by atoms with E-state index in [2.05, 4.69) is 20.9 Å². The van der Waals surface area contributed by atoms with Crippen molar-refractivity contribution in [3.8, 4) is 5.75 Å². The molecule has 2 aromatic rings. The smallest absolute Gasteiger partial charge is 0.195 e. The number of aromatic nitrogens is 1. The summed E-state index contributed by atoms with van der Waals surface area (Å²) in [4.78, 5) is 16.4. The van der Waals surface area contributed by atoms with Crippen LogP contribution in [0.3, 0.4) is 0 Å². The number of benzene rings is 1. The molecular weight excluding hydrogens is 294 g/mol. The highest BCUT2D eigenvalue weighted by Crippen LogP contribution is 2.22. The highest BCUT2D eigenvalue weighted by molar-refractivity contribution is 9.10. The number of ether oxygens (including phenoxy) is 1. The van der Waals surface area contributed by atoms with Crippen molar-refractivity contribution < 1.29 is 9.53 Å². The van der Waals surface area contributed by atoms with Crippen molar-refractivity contribution >= 4 is 21.7 Å². The first-order chi connectivity index (χ1) is 8.61. The highest BCUT2D eigenvalue weighted by atomic mass is 79.9. The maximum Gasteiger partial charge on any atom is 0.195 e. The maximum absolute atomic E-state index is 12.4. The standard InChI is InChI=1S/C14H12BrNO2/c1-9-3-4-13(15)12(5-9)14(17)10-6-11(18-2)8-16-7-10/h3-8H,1-2H3.